The molecule has 10 heavy (non-hydrogen) atoms. The van der Waals surface area contributed by atoms with Crippen molar-refractivity contribution in [2.24, 2.45) is 0 Å². The summed E-state index contributed by atoms with van der Waals surface area (Å²) in [6.07, 6.45) is 0. The Morgan fingerprint density at radius 3 is 3.20 bits per heavy atom. The smallest absolute Gasteiger partial charge is 0.193 e. The number of benzene rings is 1. The number of rotatable bonds is 0. The van der Waals surface area contributed by atoms with E-state index >= 15 is 0 Å². The third kappa shape index (κ3) is 0.642. The monoisotopic (exact) mass is 137 g/mol. The first-order valence-corrected chi connectivity index (χ1v) is 3.08. The van der Waals surface area contributed by atoms with Crippen LogP contribution in [0.2, 0.25) is 0 Å². The van der Waals surface area contributed by atoms with Crippen LogP contribution in [0.3, 0.4) is 0 Å². The molecule has 2 N–H and O–H groups in total. The molecule has 0 fully saturated rings. The van der Waals surface area contributed by atoms with E-state index < -0.39 is 0 Å². The minimum atomic E-state index is 0.197. The molecule has 3 nitrogen and oxygen atoms in total. The molecule has 1 aliphatic rings. The van der Waals surface area contributed by atoms with Gasteiger partial charge in [0.05, 0.1) is 6.54 Å². The van der Waals surface area contributed by atoms with Crippen molar-refractivity contribution in [2.75, 3.05) is 0 Å². The first-order chi connectivity index (χ1) is 4.88. The Hall–Kier alpha value is -1.22. The molecular weight excluding hydrogens is 130 g/mol. The van der Waals surface area contributed by atoms with Gasteiger partial charge >= 0.3 is 0 Å². The average Bonchev–Trinajstić information content (AvgIpc) is 2.36. The Morgan fingerprint density at radius 2 is 2.40 bits per heavy atom. The van der Waals surface area contributed by atoms with Crippen molar-refractivity contribution in [1.82, 2.24) is 5.48 Å². The molecule has 0 unspecified atom stereocenters. The van der Waals surface area contributed by atoms with Crippen LogP contribution >= 0.6 is 0 Å². The summed E-state index contributed by atoms with van der Waals surface area (Å²) in [6.45, 7) is 0.670. The molecule has 0 amide bonds. The SMILES string of the molecule is Oc1cccc2c1ONC2. The van der Waals surface area contributed by atoms with Crippen LogP contribution in [0.15, 0.2) is 18.2 Å². The Morgan fingerprint density at radius 1 is 1.50 bits per heavy atom. The third-order valence-corrected chi connectivity index (χ3v) is 1.51. The molecular formula is C7H7NO2. The summed E-state index contributed by atoms with van der Waals surface area (Å²) in [5.41, 5.74) is 3.67. The molecule has 0 bridgehead atoms. The second kappa shape index (κ2) is 1.88. The van der Waals surface area contributed by atoms with Gasteiger partial charge in [-0.05, 0) is 6.07 Å². The fourth-order valence-electron chi connectivity index (χ4n) is 1.01. The molecule has 0 saturated heterocycles. The lowest BCUT2D eigenvalue weighted by Crippen LogP contribution is -2.07. The first kappa shape index (κ1) is 5.56. The minimum absolute atomic E-state index is 0.197. The van der Waals surface area contributed by atoms with Gasteiger partial charge in [0.15, 0.2) is 11.5 Å². The fraction of sp³-hybridized carbons (Fsp3) is 0.143. The molecule has 1 aromatic carbocycles. The van der Waals surface area contributed by atoms with Crippen LogP contribution in [0.4, 0.5) is 0 Å². The largest absolute Gasteiger partial charge is 0.504 e. The average molecular weight is 137 g/mol. The van der Waals surface area contributed by atoms with Gasteiger partial charge in [-0.2, -0.15) is 5.48 Å². The van der Waals surface area contributed by atoms with Gasteiger partial charge in [0.25, 0.3) is 0 Å². The van der Waals surface area contributed by atoms with Crippen molar-refractivity contribution in [2.45, 2.75) is 6.54 Å². The first-order valence-electron chi connectivity index (χ1n) is 3.08. The lowest BCUT2D eigenvalue weighted by molar-refractivity contribution is 0.216. The van der Waals surface area contributed by atoms with Gasteiger partial charge in [-0.25, -0.2) is 0 Å². The van der Waals surface area contributed by atoms with E-state index in [9.17, 15) is 0 Å². The van der Waals surface area contributed by atoms with Crippen molar-refractivity contribution in [3.63, 3.8) is 0 Å². The molecule has 0 saturated carbocycles. The van der Waals surface area contributed by atoms with E-state index in [0.29, 0.717) is 12.3 Å². The molecule has 52 valence electrons. The molecule has 1 heterocycles. The van der Waals surface area contributed by atoms with E-state index in [4.69, 9.17) is 9.94 Å². The molecule has 1 aliphatic heterocycles. The van der Waals surface area contributed by atoms with E-state index in [2.05, 4.69) is 5.48 Å². The van der Waals surface area contributed by atoms with Gasteiger partial charge in [0.1, 0.15) is 0 Å². The third-order valence-electron chi connectivity index (χ3n) is 1.51. The highest BCUT2D eigenvalue weighted by atomic mass is 16.7. The summed E-state index contributed by atoms with van der Waals surface area (Å²) in [7, 11) is 0. The van der Waals surface area contributed by atoms with Gasteiger partial charge in [0, 0.05) is 5.56 Å². The van der Waals surface area contributed by atoms with Gasteiger partial charge in [0.2, 0.25) is 0 Å². The predicted octanol–water partition coefficient (Wildman–Crippen LogP) is 0.789. The molecule has 0 spiro atoms. The summed E-state index contributed by atoms with van der Waals surface area (Å²) in [5.74, 6) is 0.755. The van der Waals surface area contributed by atoms with Crippen LogP contribution in [0.25, 0.3) is 0 Å². The molecule has 1 aromatic rings. The molecule has 3 heteroatoms. The Labute approximate surface area is 58.2 Å². The van der Waals surface area contributed by atoms with Crippen molar-refractivity contribution in [3.05, 3.63) is 23.8 Å². The number of para-hydroxylation sites is 1. The van der Waals surface area contributed by atoms with Crippen molar-refractivity contribution >= 4 is 0 Å². The number of hydrogen-bond donors (Lipinski definition) is 2. The minimum Gasteiger partial charge on any atom is -0.504 e. The van der Waals surface area contributed by atoms with E-state index in [1.165, 1.54) is 0 Å². The Bertz CT molecular complexity index is 260. The highest BCUT2D eigenvalue weighted by Gasteiger charge is 2.14. The number of aromatic hydroxyl groups is 1. The molecule has 0 radical (unpaired) electrons. The summed E-state index contributed by atoms with van der Waals surface area (Å²) in [4.78, 5) is 4.93. The van der Waals surface area contributed by atoms with Crippen molar-refractivity contribution in [1.29, 1.82) is 0 Å². The summed E-state index contributed by atoms with van der Waals surface area (Å²) >= 11 is 0. The summed E-state index contributed by atoms with van der Waals surface area (Å²) in [5, 5.41) is 9.17. The number of phenols is 1. The zero-order valence-corrected chi connectivity index (χ0v) is 5.29. The fourth-order valence-corrected chi connectivity index (χ4v) is 1.01. The zero-order chi connectivity index (χ0) is 6.97. The van der Waals surface area contributed by atoms with Crippen LogP contribution in [0.5, 0.6) is 11.5 Å². The van der Waals surface area contributed by atoms with Crippen LogP contribution in [-0.4, -0.2) is 5.11 Å². The molecule has 2 rings (SSSR count). The second-order valence-corrected chi connectivity index (χ2v) is 2.19. The molecule has 0 aliphatic carbocycles. The standard InChI is InChI=1S/C7H7NO2/c9-6-3-1-2-5-4-8-10-7(5)6/h1-3,8-9H,4H2. The predicted molar refractivity (Wildman–Crippen MR) is 35.6 cm³/mol. The lowest BCUT2D eigenvalue weighted by atomic mass is 10.2. The summed E-state index contributed by atoms with van der Waals surface area (Å²) in [6, 6.07) is 5.31. The topological polar surface area (TPSA) is 41.5 Å². The number of nitrogens with one attached hydrogen (secondary N) is 1. The Kier molecular flexibility index (Phi) is 1.05. The number of fused-ring (bicyclic) bond motifs is 1. The normalized spacial score (nSPS) is 14.4. The van der Waals surface area contributed by atoms with Crippen LogP contribution in [-0.2, 0) is 6.54 Å². The van der Waals surface area contributed by atoms with Crippen LogP contribution in [0.1, 0.15) is 5.56 Å². The van der Waals surface area contributed by atoms with E-state index in [-0.39, 0.29) is 5.75 Å². The molecule has 0 aromatic heterocycles. The highest BCUT2D eigenvalue weighted by Crippen LogP contribution is 2.31. The maximum absolute atomic E-state index is 9.17. The number of hydroxylamine groups is 1. The van der Waals surface area contributed by atoms with E-state index in [0.717, 1.165) is 5.56 Å². The summed E-state index contributed by atoms with van der Waals surface area (Å²) < 4.78 is 0. The second-order valence-electron chi connectivity index (χ2n) is 2.19. The van der Waals surface area contributed by atoms with Gasteiger partial charge in [-0.3, -0.25) is 0 Å². The quantitative estimate of drug-likeness (QED) is 0.555. The number of hydrogen-bond acceptors (Lipinski definition) is 3. The zero-order valence-electron chi connectivity index (χ0n) is 5.29. The van der Waals surface area contributed by atoms with Crippen molar-refractivity contribution in [3.8, 4) is 11.5 Å². The highest BCUT2D eigenvalue weighted by molar-refractivity contribution is 5.46. The van der Waals surface area contributed by atoms with Gasteiger partial charge in [-0.15, -0.1) is 0 Å². The van der Waals surface area contributed by atoms with Crippen molar-refractivity contribution < 1.29 is 9.94 Å². The van der Waals surface area contributed by atoms with E-state index in [1.807, 2.05) is 6.07 Å². The number of phenolic OH excluding ortho intramolecular Hbond substituents is 1. The van der Waals surface area contributed by atoms with Gasteiger partial charge in [-0.1, -0.05) is 12.1 Å². The van der Waals surface area contributed by atoms with E-state index in [1.54, 1.807) is 12.1 Å². The lowest BCUT2D eigenvalue weighted by Gasteiger charge is -1.97. The molecule has 0 atom stereocenters. The van der Waals surface area contributed by atoms with Crippen LogP contribution in [0, 0.1) is 0 Å². The maximum atomic E-state index is 9.17. The maximum Gasteiger partial charge on any atom is 0.193 e. The Balaban J connectivity index is 2.59. The van der Waals surface area contributed by atoms with Crippen LogP contribution < -0.4 is 10.3 Å². The van der Waals surface area contributed by atoms with Gasteiger partial charge < -0.3 is 9.94 Å².